The number of amides is 1. The molecule has 1 amide bonds. The highest BCUT2D eigenvalue weighted by Gasteiger charge is 2.30. The molecule has 1 heterocycles. The lowest BCUT2D eigenvalue weighted by Crippen LogP contribution is -2.22. The maximum absolute atomic E-state index is 11.0. The molecular formula is C12H15N3O5. The minimum atomic E-state index is -0.848. The molecule has 8 heteroatoms. The van der Waals surface area contributed by atoms with Gasteiger partial charge in [-0.25, -0.2) is 0 Å². The van der Waals surface area contributed by atoms with Crippen molar-refractivity contribution in [1.29, 1.82) is 0 Å². The van der Waals surface area contributed by atoms with Crippen molar-refractivity contribution in [3.8, 4) is 0 Å². The third-order valence-electron chi connectivity index (χ3n) is 3.30. The third kappa shape index (κ3) is 2.93. The number of aliphatic hydroxyl groups excluding tert-OH is 2. The van der Waals surface area contributed by atoms with Crippen LogP contribution >= 0.6 is 0 Å². The summed E-state index contributed by atoms with van der Waals surface area (Å²) in [5.74, 6) is -0.730. The van der Waals surface area contributed by atoms with E-state index in [0.29, 0.717) is 5.56 Å². The van der Waals surface area contributed by atoms with Gasteiger partial charge >= 0.3 is 0 Å². The summed E-state index contributed by atoms with van der Waals surface area (Å²) in [6.07, 6.45) is -1.70. The number of β-amino-alcohol motifs (C(OH)–C–C–N with tert-alkyl or cyclic N) is 2. The van der Waals surface area contributed by atoms with Crippen LogP contribution in [0.3, 0.4) is 0 Å². The molecule has 2 atom stereocenters. The van der Waals surface area contributed by atoms with Crippen LogP contribution < -0.4 is 5.73 Å². The van der Waals surface area contributed by atoms with E-state index in [4.69, 9.17) is 5.73 Å². The molecule has 0 radical (unpaired) electrons. The van der Waals surface area contributed by atoms with Crippen molar-refractivity contribution in [2.45, 2.75) is 18.8 Å². The lowest BCUT2D eigenvalue weighted by atomic mass is 10.1. The first-order chi connectivity index (χ1) is 9.38. The Bertz CT molecular complexity index is 538. The van der Waals surface area contributed by atoms with Gasteiger partial charge < -0.3 is 15.9 Å². The molecule has 2 rings (SSSR count). The van der Waals surface area contributed by atoms with Crippen LogP contribution in [0.1, 0.15) is 15.9 Å². The second kappa shape index (κ2) is 5.53. The zero-order valence-electron chi connectivity index (χ0n) is 10.6. The van der Waals surface area contributed by atoms with Crippen molar-refractivity contribution in [3.05, 3.63) is 39.4 Å². The molecule has 2 unspecified atom stereocenters. The minimum absolute atomic E-state index is 0.0712. The molecule has 0 saturated carbocycles. The average Bonchev–Trinajstić information content (AvgIpc) is 2.68. The van der Waals surface area contributed by atoms with E-state index in [2.05, 4.69) is 0 Å². The van der Waals surface area contributed by atoms with Crippen LogP contribution in [0.4, 0.5) is 5.69 Å². The summed E-state index contributed by atoms with van der Waals surface area (Å²) in [6, 6.07) is 4.03. The van der Waals surface area contributed by atoms with Crippen LogP contribution in [0.2, 0.25) is 0 Å². The predicted octanol–water partition coefficient (Wildman–Crippen LogP) is -0.769. The van der Waals surface area contributed by atoms with Gasteiger partial charge in [-0.15, -0.1) is 0 Å². The standard InChI is InChI=1S/C12H15N3O5/c13-12(18)7-1-2-8(9(3-7)15(19)20)4-14-5-10(16)11(17)6-14/h1-3,10-11,16-17H,4-6H2,(H2,13,18). The SMILES string of the molecule is NC(=O)c1ccc(CN2CC(O)C(O)C2)c([N+](=O)[O-])c1. The van der Waals surface area contributed by atoms with E-state index < -0.39 is 23.0 Å². The first-order valence-electron chi connectivity index (χ1n) is 6.04. The van der Waals surface area contributed by atoms with E-state index in [9.17, 15) is 25.1 Å². The molecule has 1 aliphatic rings. The highest BCUT2D eigenvalue weighted by atomic mass is 16.6. The molecule has 4 N–H and O–H groups in total. The fourth-order valence-corrected chi connectivity index (χ4v) is 2.24. The minimum Gasteiger partial charge on any atom is -0.389 e. The quantitative estimate of drug-likeness (QED) is 0.491. The number of nitro groups is 1. The number of likely N-dealkylation sites (tertiary alicyclic amines) is 1. The second-order valence-corrected chi connectivity index (χ2v) is 4.79. The highest BCUT2D eigenvalue weighted by Crippen LogP contribution is 2.23. The van der Waals surface area contributed by atoms with Gasteiger partial charge in [0.1, 0.15) is 0 Å². The predicted molar refractivity (Wildman–Crippen MR) is 68.9 cm³/mol. The zero-order valence-corrected chi connectivity index (χ0v) is 10.6. The number of benzene rings is 1. The van der Waals surface area contributed by atoms with Crippen LogP contribution in [-0.4, -0.2) is 51.2 Å². The molecule has 0 spiro atoms. The largest absolute Gasteiger partial charge is 0.389 e. The Kier molecular flexibility index (Phi) is 3.98. The first-order valence-corrected chi connectivity index (χ1v) is 6.04. The van der Waals surface area contributed by atoms with Crippen LogP contribution in [0.5, 0.6) is 0 Å². The summed E-state index contributed by atoms with van der Waals surface area (Å²) in [5.41, 5.74) is 5.37. The van der Waals surface area contributed by atoms with Crippen molar-refractivity contribution in [1.82, 2.24) is 4.90 Å². The van der Waals surface area contributed by atoms with Gasteiger partial charge in [0.25, 0.3) is 5.69 Å². The van der Waals surface area contributed by atoms with Gasteiger partial charge in [0.05, 0.1) is 17.1 Å². The summed E-state index contributed by atoms with van der Waals surface area (Å²) < 4.78 is 0. The van der Waals surface area contributed by atoms with Gasteiger partial charge in [-0.2, -0.15) is 0 Å². The van der Waals surface area contributed by atoms with Crippen LogP contribution in [0.15, 0.2) is 18.2 Å². The van der Waals surface area contributed by atoms with Crippen molar-refractivity contribution in [3.63, 3.8) is 0 Å². The van der Waals surface area contributed by atoms with E-state index in [-0.39, 0.29) is 30.9 Å². The fourth-order valence-electron chi connectivity index (χ4n) is 2.24. The summed E-state index contributed by atoms with van der Waals surface area (Å²) in [7, 11) is 0. The number of nitro benzene ring substituents is 1. The molecule has 1 aliphatic heterocycles. The molecule has 108 valence electrons. The Morgan fingerprint density at radius 1 is 1.40 bits per heavy atom. The van der Waals surface area contributed by atoms with Crippen molar-refractivity contribution in [2.24, 2.45) is 5.73 Å². The van der Waals surface area contributed by atoms with E-state index in [1.807, 2.05) is 0 Å². The number of hydrogen-bond donors (Lipinski definition) is 3. The monoisotopic (exact) mass is 281 g/mol. The van der Waals surface area contributed by atoms with Crippen LogP contribution in [-0.2, 0) is 6.54 Å². The lowest BCUT2D eigenvalue weighted by Gasteiger charge is -2.14. The summed E-state index contributed by atoms with van der Waals surface area (Å²) in [5, 5.41) is 29.9. The molecule has 1 aromatic rings. The molecular weight excluding hydrogens is 266 g/mol. The first kappa shape index (κ1) is 14.4. The lowest BCUT2D eigenvalue weighted by molar-refractivity contribution is -0.385. The van der Waals surface area contributed by atoms with Gasteiger partial charge in [0.15, 0.2) is 0 Å². The maximum Gasteiger partial charge on any atom is 0.274 e. The van der Waals surface area contributed by atoms with Gasteiger partial charge in [0.2, 0.25) is 5.91 Å². The molecule has 0 bridgehead atoms. The van der Waals surface area contributed by atoms with Crippen molar-refractivity contribution in [2.75, 3.05) is 13.1 Å². The Morgan fingerprint density at radius 2 is 2.00 bits per heavy atom. The molecule has 0 aliphatic carbocycles. The van der Waals surface area contributed by atoms with Crippen LogP contribution in [0, 0.1) is 10.1 Å². The molecule has 1 fully saturated rings. The third-order valence-corrected chi connectivity index (χ3v) is 3.30. The smallest absolute Gasteiger partial charge is 0.274 e. The zero-order chi connectivity index (χ0) is 14.9. The summed E-state index contributed by atoms with van der Waals surface area (Å²) in [6.45, 7) is 0.704. The molecule has 8 nitrogen and oxygen atoms in total. The van der Waals surface area contributed by atoms with Gasteiger partial charge in [-0.3, -0.25) is 19.8 Å². The number of hydrogen-bond acceptors (Lipinski definition) is 6. The highest BCUT2D eigenvalue weighted by molar-refractivity contribution is 5.93. The number of rotatable bonds is 4. The summed E-state index contributed by atoms with van der Waals surface area (Å²) in [4.78, 5) is 23.2. The Labute approximate surface area is 114 Å². The van der Waals surface area contributed by atoms with Gasteiger partial charge in [-0.05, 0) is 6.07 Å². The average molecular weight is 281 g/mol. The van der Waals surface area contributed by atoms with E-state index in [1.54, 1.807) is 4.90 Å². The molecule has 1 aromatic carbocycles. The number of nitrogens with zero attached hydrogens (tertiary/aromatic N) is 2. The van der Waals surface area contributed by atoms with Gasteiger partial charge in [0, 0.05) is 36.8 Å². The van der Waals surface area contributed by atoms with E-state index in [1.165, 1.54) is 12.1 Å². The van der Waals surface area contributed by atoms with Crippen LogP contribution in [0.25, 0.3) is 0 Å². The summed E-state index contributed by atoms with van der Waals surface area (Å²) >= 11 is 0. The second-order valence-electron chi connectivity index (χ2n) is 4.79. The number of primary amides is 1. The molecule has 0 aromatic heterocycles. The Balaban J connectivity index is 2.23. The number of aliphatic hydroxyl groups is 2. The van der Waals surface area contributed by atoms with E-state index in [0.717, 1.165) is 6.07 Å². The van der Waals surface area contributed by atoms with Gasteiger partial charge in [-0.1, -0.05) is 6.07 Å². The normalized spacial score (nSPS) is 22.9. The Morgan fingerprint density at radius 3 is 2.50 bits per heavy atom. The fraction of sp³-hybridized carbons (Fsp3) is 0.417. The van der Waals surface area contributed by atoms with Crippen molar-refractivity contribution >= 4 is 11.6 Å². The topological polar surface area (TPSA) is 130 Å². The van der Waals surface area contributed by atoms with Crippen molar-refractivity contribution < 1.29 is 19.9 Å². The maximum atomic E-state index is 11.0. The number of carbonyl (C=O) groups is 1. The number of nitrogens with two attached hydrogens (primary N) is 1. The van der Waals surface area contributed by atoms with E-state index >= 15 is 0 Å². The molecule has 20 heavy (non-hydrogen) atoms. The number of carbonyl (C=O) groups excluding carboxylic acids is 1. The molecule has 1 saturated heterocycles. The Hall–Kier alpha value is -2.03.